The lowest BCUT2D eigenvalue weighted by Gasteiger charge is -2.27. The largest absolute Gasteiger partial charge is 0.493 e. The normalized spacial score (nSPS) is 17.1. The number of nitrogens with zero attached hydrogens (tertiary/aromatic N) is 2. The number of amides is 3. The summed E-state index contributed by atoms with van der Waals surface area (Å²) in [4.78, 5) is 49.0. The first-order chi connectivity index (χ1) is 14.9. The molecule has 2 aromatic carbocycles. The van der Waals surface area contributed by atoms with Crippen LogP contribution in [0.4, 0.5) is 5.69 Å². The molecule has 0 spiro atoms. The molecule has 1 N–H and O–H groups in total. The van der Waals surface area contributed by atoms with Crippen LogP contribution in [0.2, 0.25) is 5.02 Å². The van der Waals surface area contributed by atoms with Crippen LogP contribution in [0.5, 0.6) is 5.75 Å². The van der Waals surface area contributed by atoms with Crippen molar-refractivity contribution in [3.8, 4) is 5.75 Å². The fraction of sp³-hybridized carbons (Fsp3) is 0.286. The number of halogens is 1. The molecule has 3 amide bonds. The van der Waals surface area contributed by atoms with Gasteiger partial charge in [0.25, 0.3) is 17.5 Å². The van der Waals surface area contributed by atoms with Gasteiger partial charge in [0, 0.05) is 36.0 Å². The second-order valence-electron chi connectivity index (χ2n) is 7.26. The van der Waals surface area contributed by atoms with Crippen molar-refractivity contribution < 1.29 is 24.0 Å². The number of hydrogen-bond acceptors (Lipinski definition) is 6. The van der Waals surface area contributed by atoms with Crippen molar-refractivity contribution in [2.24, 2.45) is 0 Å². The van der Waals surface area contributed by atoms with Crippen molar-refractivity contribution in [1.82, 2.24) is 10.2 Å². The third kappa shape index (κ3) is 3.96. The van der Waals surface area contributed by atoms with E-state index in [1.165, 1.54) is 18.2 Å². The van der Waals surface area contributed by atoms with Crippen LogP contribution in [0.3, 0.4) is 0 Å². The number of rotatable bonds is 6. The maximum Gasteiger partial charge on any atom is 0.282 e. The van der Waals surface area contributed by atoms with Gasteiger partial charge in [-0.05, 0) is 30.7 Å². The van der Waals surface area contributed by atoms with Crippen molar-refractivity contribution in [2.75, 3.05) is 13.2 Å². The lowest BCUT2D eigenvalue weighted by molar-refractivity contribution is -0.385. The number of benzene rings is 2. The number of nitro benzene ring substituents is 1. The first-order valence-electron chi connectivity index (χ1n) is 9.72. The van der Waals surface area contributed by atoms with Crippen LogP contribution in [-0.4, -0.2) is 40.7 Å². The second kappa shape index (κ2) is 8.35. The van der Waals surface area contributed by atoms with Crippen molar-refractivity contribution in [2.45, 2.75) is 25.3 Å². The topological polar surface area (TPSA) is 119 Å². The summed E-state index contributed by atoms with van der Waals surface area (Å²) in [6.45, 7) is 0.459. The standard InChI is InChI=1S/C21H18ClN3O6/c22-12-6-7-17-14(11-12)15(8-10-31-17)23-18(26)5-2-9-24-20(27)13-3-1-4-16(25(29)30)19(13)21(24)28/h1,3-4,6-7,11,15H,2,5,8-10H2,(H,23,26). The van der Waals surface area contributed by atoms with E-state index in [4.69, 9.17) is 16.3 Å². The fourth-order valence-corrected chi connectivity index (χ4v) is 4.03. The quantitative estimate of drug-likeness (QED) is 0.415. The molecular formula is C21H18ClN3O6. The van der Waals surface area contributed by atoms with Crippen LogP contribution >= 0.6 is 11.6 Å². The van der Waals surface area contributed by atoms with Crippen LogP contribution in [0.25, 0.3) is 0 Å². The number of nitrogens with one attached hydrogen (secondary N) is 1. The van der Waals surface area contributed by atoms with Gasteiger partial charge in [0.2, 0.25) is 5.91 Å². The Bertz CT molecular complexity index is 1100. The maximum absolute atomic E-state index is 12.6. The molecule has 2 aliphatic heterocycles. The summed E-state index contributed by atoms with van der Waals surface area (Å²) in [5.74, 6) is -0.855. The smallest absolute Gasteiger partial charge is 0.282 e. The van der Waals surface area contributed by atoms with Gasteiger partial charge in [0.05, 0.1) is 23.1 Å². The molecule has 0 saturated carbocycles. The highest BCUT2D eigenvalue weighted by atomic mass is 35.5. The predicted octanol–water partition coefficient (Wildman–Crippen LogP) is 3.26. The van der Waals surface area contributed by atoms with E-state index in [0.29, 0.717) is 23.8 Å². The number of imide groups is 1. The van der Waals surface area contributed by atoms with Crippen molar-refractivity contribution in [3.05, 3.63) is 68.2 Å². The summed E-state index contributed by atoms with van der Waals surface area (Å²) in [5.41, 5.74) is 0.227. The third-order valence-electron chi connectivity index (χ3n) is 5.31. The van der Waals surface area contributed by atoms with Crippen LogP contribution in [0.15, 0.2) is 36.4 Å². The molecule has 0 fully saturated rings. The zero-order valence-corrected chi connectivity index (χ0v) is 17.1. The summed E-state index contributed by atoms with van der Waals surface area (Å²) in [7, 11) is 0. The zero-order chi connectivity index (χ0) is 22.1. The average Bonchev–Trinajstić information content (AvgIpc) is 2.99. The highest BCUT2D eigenvalue weighted by Gasteiger charge is 2.40. The van der Waals surface area contributed by atoms with Gasteiger partial charge in [-0.1, -0.05) is 17.7 Å². The lowest BCUT2D eigenvalue weighted by atomic mass is 10.0. The molecule has 0 saturated heterocycles. The molecule has 9 nitrogen and oxygen atoms in total. The first-order valence-corrected chi connectivity index (χ1v) is 10.1. The van der Waals surface area contributed by atoms with E-state index in [1.54, 1.807) is 18.2 Å². The van der Waals surface area contributed by atoms with Crippen LogP contribution in [-0.2, 0) is 4.79 Å². The minimum absolute atomic E-state index is 0.00683. The van der Waals surface area contributed by atoms with Gasteiger partial charge in [0.1, 0.15) is 11.3 Å². The van der Waals surface area contributed by atoms with Crippen LogP contribution < -0.4 is 10.1 Å². The van der Waals surface area contributed by atoms with Gasteiger partial charge in [-0.3, -0.25) is 29.4 Å². The van der Waals surface area contributed by atoms with Gasteiger partial charge in [-0.15, -0.1) is 0 Å². The van der Waals surface area contributed by atoms with Gasteiger partial charge < -0.3 is 10.1 Å². The van der Waals surface area contributed by atoms with E-state index >= 15 is 0 Å². The summed E-state index contributed by atoms with van der Waals surface area (Å²) in [6, 6.07) is 8.96. The summed E-state index contributed by atoms with van der Waals surface area (Å²) >= 11 is 6.05. The van der Waals surface area contributed by atoms with Crippen molar-refractivity contribution in [3.63, 3.8) is 0 Å². The van der Waals surface area contributed by atoms with Gasteiger partial charge >= 0.3 is 0 Å². The van der Waals surface area contributed by atoms with E-state index in [0.717, 1.165) is 10.5 Å². The van der Waals surface area contributed by atoms with Gasteiger partial charge in [-0.2, -0.15) is 0 Å². The third-order valence-corrected chi connectivity index (χ3v) is 5.54. The molecule has 4 rings (SSSR count). The molecule has 10 heteroatoms. The Labute approximate surface area is 182 Å². The zero-order valence-electron chi connectivity index (χ0n) is 16.3. The molecule has 0 aromatic heterocycles. The number of carbonyl (C=O) groups is 3. The molecule has 0 bridgehead atoms. The van der Waals surface area contributed by atoms with E-state index in [2.05, 4.69) is 5.32 Å². The minimum Gasteiger partial charge on any atom is -0.493 e. The number of carbonyl (C=O) groups excluding carboxylic acids is 3. The Morgan fingerprint density at radius 3 is 2.84 bits per heavy atom. The number of fused-ring (bicyclic) bond motifs is 2. The monoisotopic (exact) mass is 443 g/mol. The highest BCUT2D eigenvalue weighted by molar-refractivity contribution is 6.30. The van der Waals surface area contributed by atoms with E-state index < -0.39 is 22.4 Å². The summed E-state index contributed by atoms with van der Waals surface area (Å²) in [6.07, 6.45) is 0.917. The van der Waals surface area contributed by atoms with Crippen molar-refractivity contribution >= 4 is 35.0 Å². The maximum atomic E-state index is 12.6. The van der Waals surface area contributed by atoms with Gasteiger partial charge in [0.15, 0.2) is 0 Å². The van der Waals surface area contributed by atoms with E-state index in [9.17, 15) is 24.5 Å². The number of hydrogen-bond donors (Lipinski definition) is 1. The summed E-state index contributed by atoms with van der Waals surface area (Å²) < 4.78 is 5.58. The molecule has 160 valence electrons. The first kappa shape index (κ1) is 20.8. The number of ether oxygens (including phenoxy) is 1. The SMILES string of the molecule is O=C(CCCN1C(=O)c2cccc([N+](=O)[O-])c2C1=O)NC1CCOc2ccc(Cl)cc21. The van der Waals surface area contributed by atoms with Gasteiger partial charge in [-0.25, -0.2) is 0 Å². The number of nitro groups is 1. The Morgan fingerprint density at radius 2 is 2.06 bits per heavy atom. The molecule has 2 aromatic rings. The molecule has 2 aliphatic rings. The molecule has 1 atom stereocenters. The molecule has 2 heterocycles. The lowest BCUT2D eigenvalue weighted by Crippen LogP contribution is -2.34. The summed E-state index contributed by atoms with van der Waals surface area (Å²) in [5, 5.41) is 14.7. The Kier molecular flexibility index (Phi) is 5.60. The molecule has 31 heavy (non-hydrogen) atoms. The van der Waals surface area contributed by atoms with E-state index in [1.807, 2.05) is 0 Å². The Balaban J connectivity index is 1.36. The average molecular weight is 444 g/mol. The molecule has 1 unspecified atom stereocenters. The minimum atomic E-state index is -0.708. The Morgan fingerprint density at radius 1 is 1.26 bits per heavy atom. The predicted molar refractivity (Wildman–Crippen MR) is 110 cm³/mol. The van der Waals surface area contributed by atoms with Crippen LogP contribution in [0.1, 0.15) is 51.6 Å². The van der Waals surface area contributed by atoms with Crippen LogP contribution in [0, 0.1) is 10.1 Å². The van der Waals surface area contributed by atoms with Crippen molar-refractivity contribution in [1.29, 1.82) is 0 Å². The second-order valence-corrected chi connectivity index (χ2v) is 7.70. The highest BCUT2D eigenvalue weighted by Crippen LogP contribution is 2.34. The Hall–Kier alpha value is -3.46. The molecular weight excluding hydrogens is 426 g/mol. The fourth-order valence-electron chi connectivity index (χ4n) is 3.85. The molecule has 0 aliphatic carbocycles. The van der Waals surface area contributed by atoms with E-state index in [-0.39, 0.29) is 42.5 Å². The molecule has 0 radical (unpaired) electrons.